The predicted molar refractivity (Wildman–Crippen MR) is 98.0 cm³/mol. The minimum absolute atomic E-state index is 0.431. The van der Waals surface area contributed by atoms with E-state index in [-0.39, 0.29) is 0 Å². The molecule has 7 heteroatoms. The van der Waals surface area contributed by atoms with Crippen LogP contribution in [0.1, 0.15) is 32.9 Å². The summed E-state index contributed by atoms with van der Waals surface area (Å²) in [5.74, 6) is -0.502. The lowest BCUT2D eigenvalue weighted by Gasteiger charge is -2.05. The number of nitrogens with zero attached hydrogens (tertiary/aromatic N) is 2. The average molecular weight is 375 g/mol. The van der Waals surface area contributed by atoms with Crippen molar-refractivity contribution in [2.45, 2.75) is 19.3 Å². The number of nitrogens with one attached hydrogen (secondary N) is 1. The Balaban J connectivity index is 1.82. The van der Waals surface area contributed by atoms with Gasteiger partial charge in [0, 0.05) is 17.6 Å². The molecule has 0 unspecified atom stereocenters. The van der Waals surface area contributed by atoms with E-state index in [0.717, 1.165) is 11.1 Å². The smallest absolute Gasteiger partial charge is 0.252 e. The maximum Gasteiger partial charge on any atom is 0.252 e. The number of hydrogen-bond acceptors (Lipinski definition) is 3. The summed E-state index contributed by atoms with van der Waals surface area (Å²) in [5.41, 5.74) is 9.20. The van der Waals surface area contributed by atoms with Crippen LogP contribution in [0.25, 0.3) is 0 Å². The first-order valence-corrected chi connectivity index (χ1v) is 8.50. The molecule has 0 spiro atoms. The number of hydrogen-bond donors (Lipinski definition) is 2. The van der Waals surface area contributed by atoms with Gasteiger partial charge in [-0.2, -0.15) is 5.10 Å². The van der Waals surface area contributed by atoms with Gasteiger partial charge in [0.15, 0.2) is 0 Å². The van der Waals surface area contributed by atoms with Gasteiger partial charge in [0.2, 0.25) is 0 Å². The molecule has 0 radical (unpaired) electrons. The van der Waals surface area contributed by atoms with Gasteiger partial charge in [-0.25, -0.2) is 4.98 Å². The number of halogens is 2. The van der Waals surface area contributed by atoms with Gasteiger partial charge in [-0.3, -0.25) is 9.89 Å². The van der Waals surface area contributed by atoms with Crippen LogP contribution in [0.5, 0.6) is 0 Å². The number of carbonyl (C=O) groups is 1. The quantitative estimate of drug-likeness (QED) is 0.646. The van der Waals surface area contributed by atoms with Crippen LogP contribution in [0.15, 0.2) is 42.6 Å². The van der Waals surface area contributed by atoms with Gasteiger partial charge in [0.1, 0.15) is 5.15 Å². The summed E-state index contributed by atoms with van der Waals surface area (Å²) in [6, 6.07) is 11.2. The van der Waals surface area contributed by atoms with E-state index >= 15 is 0 Å². The van der Waals surface area contributed by atoms with Gasteiger partial charge in [-0.05, 0) is 42.2 Å². The number of aromatic amines is 1. The van der Waals surface area contributed by atoms with Crippen molar-refractivity contribution in [1.29, 1.82) is 0 Å². The number of carbonyl (C=O) groups excluding carboxylic acids is 1. The molecule has 2 aromatic heterocycles. The molecule has 0 fully saturated rings. The number of aromatic nitrogens is 3. The molecular formula is C18H16Cl2N4O. The van der Waals surface area contributed by atoms with Crippen molar-refractivity contribution in [2.75, 3.05) is 0 Å². The fourth-order valence-corrected chi connectivity index (χ4v) is 3.16. The highest BCUT2D eigenvalue weighted by molar-refractivity contribution is 6.30. The Morgan fingerprint density at radius 1 is 1.16 bits per heavy atom. The third kappa shape index (κ3) is 4.18. The molecule has 5 nitrogen and oxygen atoms in total. The minimum Gasteiger partial charge on any atom is -0.365 e. The molecule has 1 aromatic carbocycles. The number of amides is 1. The fourth-order valence-electron chi connectivity index (χ4n) is 2.73. The molecule has 0 bridgehead atoms. The fraction of sp³-hybridized carbons (Fsp3) is 0.167. The van der Waals surface area contributed by atoms with Crippen LogP contribution in [-0.4, -0.2) is 21.1 Å². The van der Waals surface area contributed by atoms with E-state index in [4.69, 9.17) is 28.9 Å². The van der Waals surface area contributed by atoms with Crippen molar-refractivity contribution < 1.29 is 4.79 Å². The molecule has 3 rings (SSSR count). The molecule has 0 saturated carbocycles. The second-order valence-corrected chi connectivity index (χ2v) is 6.44. The topological polar surface area (TPSA) is 84.7 Å². The first kappa shape index (κ1) is 17.5. The van der Waals surface area contributed by atoms with E-state index in [9.17, 15) is 4.79 Å². The predicted octanol–water partition coefficient (Wildman–Crippen LogP) is 3.59. The van der Waals surface area contributed by atoms with Crippen LogP contribution in [0, 0.1) is 0 Å². The zero-order valence-corrected chi connectivity index (χ0v) is 14.8. The largest absolute Gasteiger partial charge is 0.365 e. The number of pyridine rings is 1. The van der Waals surface area contributed by atoms with Crippen molar-refractivity contribution in [3.63, 3.8) is 0 Å². The Morgan fingerprint density at radius 2 is 2.00 bits per heavy atom. The second kappa shape index (κ2) is 7.68. The molecule has 0 atom stereocenters. The van der Waals surface area contributed by atoms with E-state index in [1.807, 2.05) is 30.3 Å². The zero-order chi connectivity index (χ0) is 17.8. The maximum atomic E-state index is 11.9. The van der Waals surface area contributed by atoms with Crippen molar-refractivity contribution in [3.8, 4) is 0 Å². The third-order valence-corrected chi connectivity index (χ3v) is 4.48. The lowest BCUT2D eigenvalue weighted by molar-refractivity contribution is 0.0998. The van der Waals surface area contributed by atoms with Crippen LogP contribution in [0.4, 0.5) is 0 Å². The van der Waals surface area contributed by atoms with Crippen molar-refractivity contribution in [2.24, 2.45) is 5.73 Å². The van der Waals surface area contributed by atoms with E-state index < -0.39 is 5.91 Å². The Kier molecular flexibility index (Phi) is 5.36. The SMILES string of the molecule is NC(=O)c1c(CCc2cccnc2Cl)n[nH]c1Cc1cccc(Cl)c1. The number of aryl methyl sites for hydroxylation is 2. The molecule has 0 aliphatic carbocycles. The van der Waals surface area contributed by atoms with Gasteiger partial charge in [-0.15, -0.1) is 0 Å². The van der Waals surface area contributed by atoms with E-state index in [0.29, 0.717) is 46.4 Å². The minimum atomic E-state index is -0.502. The van der Waals surface area contributed by atoms with Gasteiger partial charge in [0.05, 0.1) is 17.0 Å². The third-order valence-electron chi connectivity index (χ3n) is 3.90. The molecule has 25 heavy (non-hydrogen) atoms. The first-order valence-electron chi connectivity index (χ1n) is 7.74. The average Bonchev–Trinajstić information content (AvgIpc) is 2.97. The highest BCUT2D eigenvalue weighted by Crippen LogP contribution is 2.20. The molecule has 0 aliphatic heterocycles. The summed E-state index contributed by atoms with van der Waals surface area (Å²) >= 11 is 12.1. The highest BCUT2D eigenvalue weighted by Gasteiger charge is 2.18. The Morgan fingerprint density at radius 3 is 2.72 bits per heavy atom. The molecule has 3 aromatic rings. The van der Waals surface area contributed by atoms with Crippen LogP contribution < -0.4 is 5.73 Å². The summed E-state index contributed by atoms with van der Waals surface area (Å²) in [7, 11) is 0. The van der Waals surface area contributed by atoms with Gasteiger partial charge >= 0.3 is 0 Å². The normalized spacial score (nSPS) is 10.8. The van der Waals surface area contributed by atoms with Crippen LogP contribution in [-0.2, 0) is 19.3 Å². The van der Waals surface area contributed by atoms with Crippen molar-refractivity contribution in [3.05, 3.63) is 80.8 Å². The maximum absolute atomic E-state index is 11.9. The molecule has 128 valence electrons. The first-order chi connectivity index (χ1) is 12.0. The number of nitrogens with two attached hydrogens (primary N) is 1. The summed E-state index contributed by atoms with van der Waals surface area (Å²) in [6.07, 6.45) is 3.29. The van der Waals surface area contributed by atoms with E-state index in [1.165, 1.54) is 0 Å². The molecular weight excluding hydrogens is 359 g/mol. The number of primary amides is 1. The summed E-state index contributed by atoms with van der Waals surface area (Å²) in [5, 5.41) is 8.31. The molecule has 1 amide bonds. The Hall–Kier alpha value is -2.37. The molecule has 0 saturated heterocycles. The van der Waals surface area contributed by atoms with Crippen molar-refractivity contribution in [1.82, 2.24) is 15.2 Å². The molecule has 2 heterocycles. The summed E-state index contributed by atoms with van der Waals surface area (Å²) < 4.78 is 0. The van der Waals surface area contributed by atoms with E-state index in [2.05, 4.69) is 15.2 Å². The Labute approximate surface area is 155 Å². The van der Waals surface area contributed by atoms with Gasteiger partial charge < -0.3 is 5.73 Å². The zero-order valence-electron chi connectivity index (χ0n) is 13.3. The second-order valence-electron chi connectivity index (χ2n) is 5.65. The summed E-state index contributed by atoms with van der Waals surface area (Å²) in [4.78, 5) is 16.0. The monoisotopic (exact) mass is 374 g/mol. The Bertz CT molecular complexity index is 908. The highest BCUT2D eigenvalue weighted by atomic mass is 35.5. The van der Waals surface area contributed by atoms with E-state index in [1.54, 1.807) is 12.3 Å². The van der Waals surface area contributed by atoms with Crippen LogP contribution in [0.3, 0.4) is 0 Å². The number of benzene rings is 1. The summed E-state index contributed by atoms with van der Waals surface area (Å²) in [6.45, 7) is 0. The number of H-pyrrole nitrogens is 1. The van der Waals surface area contributed by atoms with Gasteiger partial charge in [-0.1, -0.05) is 41.4 Å². The molecule has 3 N–H and O–H groups in total. The lowest BCUT2D eigenvalue weighted by atomic mass is 10.0. The van der Waals surface area contributed by atoms with Gasteiger partial charge in [0.25, 0.3) is 5.91 Å². The standard InChI is InChI=1S/C18H16Cl2N4O/c19-13-5-1-3-11(9-13)10-15-16(18(21)25)14(23-24-15)7-6-12-4-2-8-22-17(12)20/h1-5,8-9H,6-7,10H2,(H2,21,25)(H,23,24). The van der Waals surface area contributed by atoms with Crippen LogP contribution >= 0.6 is 23.2 Å². The lowest BCUT2D eigenvalue weighted by Crippen LogP contribution is -2.15. The van der Waals surface area contributed by atoms with Crippen molar-refractivity contribution >= 4 is 29.1 Å². The van der Waals surface area contributed by atoms with Crippen LogP contribution in [0.2, 0.25) is 10.2 Å². The number of rotatable bonds is 6. The molecule has 0 aliphatic rings.